The van der Waals surface area contributed by atoms with Crippen molar-refractivity contribution in [3.8, 4) is 0 Å². The van der Waals surface area contributed by atoms with Gasteiger partial charge in [-0.05, 0) is 42.4 Å². The number of fused-ring (bicyclic) bond motifs is 1. The topological polar surface area (TPSA) is 12.0 Å². The first-order valence-corrected chi connectivity index (χ1v) is 7.65. The van der Waals surface area contributed by atoms with Gasteiger partial charge < -0.3 is 5.32 Å². The molecule has 1 aliphatic carbocycles. The molecule has 1 fully saturated rings. The van der Waals surface area contributed by atoms with Crippen molar-refractivity contribution >= 4 is 17.3 Å². The van der Waals surface area contributed by atoms with Crippen molar-refractivity contribution < 1.29 is 0 Å². The van der Waals surface area contributed by atoms with Crippen LogP contribution in [0.25, 0.3) is 0 Å². The van der Waals surface area contributed by atoms with Gasteiger partial charge in [0.1, 0.15) is 0 Å². The monoisotopic (exact) mass is 263 g/mol. The highest BCUT2D eigenvalue weighted by atomic mass is 35.5. The summed E-state index contributed by atoms with van der Waals surface area (Å²) in [6.07, 6.45) is 8.44. The van der Waals surface area contributed by atoms with Gasteiger partial charge in [0.15, 0.2) is 0 Å². The average molecular weight is 264 g/mol. The van der Waals surface area contributed by atoms with E-state index in [-0.39, 0.29) is 0 Å². The van der Waals surface area contributed by atoms with Gasteiger partial charge in [-0.3, -0.25) is 0 Å². The van der Waals surface area contributed by atoms with Crippen LogP contribution in [-0.2, 0) is 6.42 Å². The number of hydrogen-bond acceptors (Lipinski definition) is 1. The van der Waals surface area contributed by atoms with E-state index in [1.807, 2.05) is 0 Å². The molecule has 0 aromatic heterocycles. The zero-order valence-corrected chi connectivity index (χ0v) is 11.9. The molecule has 18 heavy (non-hydrogen) atoms. The lowest BCUT2D eigenvalue weighted by Crippen LogP contribution is -2.31. The second kappa shape index (κ2) is 5.13. The maximum atomic E-state index is 6.19. The van der Waals surface area contributed by atoms with Crippen LogP contribution in [0.1, 0.15) is 43.2 Å². The number of benzene rings is 1. The van der Waals surface area contributed by atoms with Gasteiger partial charge in [-0.2, -0.15) is 0 Å². The second-order valence-corrected chi connectivity index (χ2v) is 6.36. The summed E-state index contributed by atoms with van der Waals surface area (Å²) in [6.45, 7) is 3.26. The van der Waals surface area contributed by atoms with Crippen LogP contribution in [0.5, 0.6) is 0 Å². The van der Waals surface area contributed by atoms with Crippen LogP contribution in [0.4, 0.5) is 5.69 Å². The Hall–Kier alpha value is -0.690. The van der Waals surface area contributed by atoms with Crippen LogP contribution in [0.3, 0.4) is 0 Å². The van der Waals surface area contributed by atoms with Crippen LogP contribution in [0.15, 0.2) is 12.1 Å². The van der Waals surface area contributed by atoms with Gasteiger partial charge in [0.25, 0.3) is 0 Å². The second-order valence-electron chi connectivity index (χ2n) is 5.95. The maximum Gasteiger partial charge on any atom is 0.0455 e. The normalized spacial score (nSPS) is 24.4. The molecular weight excluding hydrogens is 242 g/mol. The molecule has 2 heteroatoms. The molecule has 1 nitrogen and oxygen atoms in total. The molecule has 3 rings (SSSR count). The highest BCUT2D eigenvalue weighted by Crippen LogP contribution is 2.38. The summed E-state index contributed by atoms with van der Waals surface area (Å²) in [6, 6.07) is 4.27. The molecule has 1 saturated carbocycles. The highest BCUT2D eigenvalue weighted by Gasteiger charge is 2.28. The fraction of sp³-hybridized carbons (Fsp3) is 0.625. The third-order valence-electron chi connectivity index (χ3n) is 4.82. The molecule has 0 bridgehead atoms. The SMILES string of the molecule is Cc1c(Cl)ccc2c1NCC(C1CCCCC1)C2. The molecular formula is C16H22ClN. The Balaban J connectivity index is 1.78. The first kappa shape index (κ1) is 12.3. The van der Waals surface area contributed by atoms with E-state index in [9.17, 15) is 0 Å². The van der Waals surface area contributed by atoms with Crippen molar-refractivity contribution in [2.75, 3.05) is 11.9 Å². The third kappa shape index (κ3) is 2.25. The number of nitrogens with one attached hydrogen (secondary N) is 1. The van der Waals surface area contributed by atoms with Crippen LogP contribution in [0.2, 0.25) is 5.02 Å². The molecule has 1 aliphatic heterocycles. The molecule has 0 amide bonds. The van der Waals surface area contributed by atoms with Gasteiger partial charge in [-0.25, -0.2) is 0 Å². The van der Waals surface area contributed by atoms with E-state index in [2.05, 4.69) is 24.4 Å². The minimum absolute atomic E-state index is 0.832. The molecule has 98 valence electrons. The van der Waals surface area contributed by atoms with Gasteiger partial charge in [0.2, 0.25) is 0 Å². The molecule has 1 heterocycles. The lowest BCUT2D eigenvalue weighted by molar-refractivity contribution is 0.252. The van der Waals surface area contributed by atoms with Gasteiger partial charge >= 0.3 is 0 Å². The van der Waals surface area contributed by atoms with Crippen molar-refractivity contribution in [3.05, 3.63) is 28.3 Å². The summed E-state index contributed by atoms with van der Waals surface area (Å²) in [5.74, 6) is 1.77. The maximum absolute atomic E-state index is 6.19. The van der Waals surface area contributed by atoms with E-state index in [0.717, 1.165) is 23.4 Å². The van der Waals surface area contributed by atoms with Crippen molar-refractivity contribution in [2.45, 2.75) is 45.4 Å². The quantitative estimate of drug-likeness (QED) is 0.767. The molecule has 0 radical (unpaired) electrons. The molecule has 1 unspecified atom stereocenters. The van der Waals surface area contributed by atoms with Crippen LogP contribution >= 0.6 is 11.6 Å². The van der Waals surface area contributed by atoms with E-state index in [1.165, 1.54) is 55.3 Å². The Morgan fingerprint density at radius 3 is 2.67 bits per heavy atom. The summed E-state index contributed by atoms with van der Waals surface area (Å²) in [4.78, 5) is 0. The highest BCUT2D eigenvalue weighted by molar-refractivity contribution is 6.31. The van der Waals surface area contributed by atoms with Crippen molar-refractivity contribution in [3.63, 3.8) is 0 Å². The lowest BCUT2D eigenvalue weighted by Gasteiger charge is -2.35. The largest absolute Gasteiger partial charge is 0.384 e. The van der Waals surface area contributed by atoms with E-state index < -0.39 is 0 Å². The van der Waals surface area contributed by atoms with Gasteiger partial charge in [0, 0.05) is 17.3 Å². The minimum Gasteiger partial charge on any atom is -0.384 e. The van der Waals surface area contributed by atoms with E-state index in [4.69, 9.17) is 11.6 Å². The summed E-state index contributed by atoms with van der Waals surface area (Å²) in [7, 11) is 0. The molecule has 1 aromatic rings. The molecule has 2 aliphatic rings. The first-order valence-electron chi connectivity index (χ1n) is 7.27. The van der Waals surface area contributed by atoms with Gasteiger partial charge in [0.05, 0.1) is 0 Å². The van der Waals surface area contributed by atoms with Crippen LogP contribution < -0.4 is 5.32 Å². The zero-order valence-electron chi connectivity index (χ0n) is 11.1. The smallest absolute Gasteiger partial charge is 0.0455 e. The Morgan fingerprint density at radius 1 is 1.11 bits per heavy atom. The van der Waals surface area contributed by atoms with Crippen molar-refractivity contribution in [2.24, 2.45) is 11.8 Å². The predicted molar refractivity (Wildman–Crippen MR) is 78.4 cm³/mol. The number of hydrogen-bond donors (Lipinski definition) is 1. The van der Waals surface area contributed by atoms with E-state index in [1.54, 1.807) is 0 Å². The number of anilines is 1. The average Bonchev–Trinajstić information content (AvgIpc) is 2.44. The minimum atomic E-state index is 0.832. The zero-order chi connectivity index (χ0) is 12.5. The Labute approximate surface area is 115 Å². The molecule has 1 N–H and O–H groups in total. The lowest BCUT2D eigenvalue weighted by atomic mass is 9.75. The third-order valence-corrected chi connectivity index (χ3v) is 5.23. The van der Waals surface area contributed by atoms with Gasteiger partial charge in [-0.15, -0.1) is 0 Å². The summed E-state index contributed by atoms with van der Waals surface area (Å²) in [5.41, 5.74) is 3.99. The Morgan fingerprint density at radius 2 is 1.89 bits per heavy atom. The fourth-order valence-corrected chi connectivity index (χ4v) is 3.84. The summed E-state index contributed by atoms with van der Waals surface area (Å²) < 4.78 is 0. The molecule has 1 atom stereocenters. The molecule has 0 spiro atoms. The molecule has 1 aromatic carbocycles. The van der Waals surface area contributed by atoms with Gasteiger partial charge in [-0.1, -0.05) is 49.8 Å². The number of halogens is 1. The van der Waals surface area contributed by atoms with Crippen LogP contribution in [0, 0.1) is 18.8 Å². The van der Waals surface area contributed by atoms with E-state index in [0.29, 0.717) is 0 Å². The first-order chi connectivity index (χ1) is 8.75. The molecule has 0 saturated heterocycles. The summed E-state index contributed by atoms with van der Waals surface area (Å²) >= 11 is 6.19. The standard InChI is InChI=1S/C16H22ClN/c1-11-15(17)8-7-13-9-14(10-18-16(11)13)12-5-3-2-4-6-12/h7-8,12,14,18H,2-6,9-10H2,1H3. The van der Waals surface area contributed by atoms with Crippen molar-refractivity contribution in [1.82, 2.24) is 0 Å². The summed E-state index contributed by atoms with van der Waals surface area (Å²) in [5, 5.41) is 4.52. The predicted octanol–water partition coefficient (Wildman–Crippen LogP) is 4.81. The fourth-order valence-electron chi connectivity index (χ4n) is 3.69. The van der Waals surface area contributed by atoms with Crippen LogP contribution in [-0.4, -0.2) is 6.54 Å². The number of rotatable bonds is 1. The Bertz CT molecular complexity index is 435. The van der Waals surface area contributed by atoms with E-state index >= 15 is 0 Å². The van der Waals surface area contributed by atoms with Crippen molar-refractivity contribution in [1.29, 1.82) is 0 Å². The Kier molecular flexibility index (Phi) is 3.52.